The molecule has 7 aliphatic rings. The molecule has 0 spiro atoms. The number of amides is 1. The minimum Gasteiger partial charge on any atom is -0.369 e. The normalized spacial score (nSPS) is 43.1. The maximum absolute atomic E-state index is 16.1. The first kappa shape index (κ1) is 30.1. The van der Waals surface area contributed by atoms with Gasteiger partial charge in [0.25, 0.3) is 5.91 Å². The topological polar surface area (TPSA) is 77.2 Å². The van der Waals surface area contributed by atoms with E-state index in [-0.39, 0.29) is 48.0 Å². The molecule has 3 saturated carbocycles. The Kier molecular flexibility index (Phi) is 8.89. The van der Waals surface area contributed by atoms with Gasteiger partial charge in [-0.25, -0.2) is 4.39 Å². The molecule has 43 heavy (non-hydrogen) atoms. The maximum Gasteiger partial charge on any atom is 0.256 e. The van der Waals surface area contributed by atoms with Gasteiger partial charge in [-0.1, -0.05) is 25.7 Å². The molecular formula is C34H54FN5O3. The van der Waals surface area contributed by atoms with E-state index in [1.165, 1.54) is 44.9 Å². The van der Waals surface area contributed by atoms with Crippen LogP contribution in [0.3, 0.4) is 0 Å². The molecule has 6 fully saturated rings. The van der Waals surface area contributed by atoms with Gasteiger partial charge in [0.15, 0.2) is 5.78 Å². The van der Waals surface area contributed by atoms with Crippen molar-refractivity contribution in [1.82, 2.24) is 25.3 Å². The van der Waals surface area contributed by atoms with Gasteiger partial charge in [-0.3, -0.25) is 9.59 Å². The molecule has 8 nitrogen and oxygen atoms in total. The summed E-state index contributed by atoms with van der Waals surface area (Å²) in [6.45, 7) is 3.55. The van der Waals surface area contributed by atoms with E-state index in [9.17, 15) is 9.59 Å². The Bertz CT molecular complexity index is 1070. The third kappa shape index (κ3) is 5.81. The number of carbonyl (C=O) groups is 2. The van der Waals surface area contributed by atoms with Gasteiger partial charge in [-0.05, 0) is 103 Å². The molecule has 0 bridgehead atoms. The van der Waals surface area contributed by atoms with Crippen LogP contribution >= 0.6 is 0 Å². The zero-order valence-electron chi connectivity index (χ0n) is 26.4. The predicted molar refractivity (Wildman–Crippen MR) is 164 cm³/mol. The third-order valence-electron chi connectivity index (χ3n) is 12.7. The lowest BCUT2D eigenvalue weighted by Crippen LogP contribution is -2.73. The van der Waals surface area contributed by atoms with Crippen LogP contribution in [0.5, 0.6) is 0 Å². The van der Waals surface area contributed by atoms with Crippen molar-refractivity contribution >= 4 is 11.7 Å². The first-order chi connectivity index (χ1) is 20.9. The highest BCUT2D eigenvalue weighted by molar-refractivity contribution is 6.20. The summed E-state index contributed by atoms with van der Waals surface area (Å²) in [4.78, 5) is 34.6. The van der Waals surface area contributed by atoms with Crippen LogP contribution in [-0.2, 0) is 14.3 Å². The monoisotopic (exact) mass is 599 g/mol. The summed E-state index contributed by atoms with van der Waals surface area (Å²) in [6.07, 6.45) is 14.3. The maximum atomic E-state index is 16.1. The van der Waals surface area contributed by atoms with Crippen molar-refractivity contribution in [2.24, 2.45) is 17.8 Å². The number of nitrogens with zero attached hydrogens (tertiary/aromatic N) is 3. The van der Waals surface area contributed by atoms with E-state index >= 15 is 4.39 Å². The van der Waals surface area contributed by atoms with Gasteiger partial charge in [0.05, 0.1) is 35.9 Å². The average molecular weight is 600 g/mol. The number of alkyl halides is 1. The summed E-state index contributed by atoms with van der Waals surface area (Å²) in [5.41, 5.74) is 0.231. The highest BCUT2D eigenvalue weighted by Crippen LogP contribution is 2.50. The SMILES string of the molecule is CN1CCCC1CCNC(=O)C1=CN2C3CC4CCCCC4CC3OC3C(NCCC4CCCN4C)C(F)CC(C1=O)C32. The lowest BCUT2D eigenvalue weighted by Gasteiger charge is -2.61. The Hall–Kier alpha value is -1.55. The predicted octanol–water partition coefficient (Wildman–Crippen LogP) is 3.26. The molecule has 7 rings (SSSR count). The molecule has 1 amide bonds. The fourth-order valence-electron chi connectivity index (χ4n) is 10.2. The smallest absolute Gasteiger partial charge is 0.256 e. The number of rotatable bonds is 8. The molecule has 240 valence electrons. The molecule has 4 heterocycles. The highest BCUT2D eigenvalue weighted by Gasteiger charge is 2.59. The number of ether oxygens (including phenoxy) is 1. The van der Waals surface area contributed by atoms with Crippen LogP contribution in [0.1, 0.15) is 83.5 Å². The number of Topliss-reactive ketones (excluding diaryl/α,β-unsaturated/α-hetero) is 1. The average Bonchev–Trinajstić information content (AvgIpc) is 3.61. The molecule has 11 atom stereocenters. The third-order valence-corrected chi connectivity index (χ3v) is 12.7. The van der Waals surface area contributed by atoms with Gasteiger partial charge in [0.2, 0.25) is 0 Å². The minimum absolute atomic E-state index is 0.0171. The molecule has 0 aromatic heterocycles. The van der Waals surface area contributed by atoms with E-state index in [4.69, 9.17) is 4.74 Å². The van der Waals surface area contributed by atoms with Crippen LogP contribution in [-0.4, -0.2) is 115 Å². The van der Waals surface area contributed by atoms with Crippen LogP contribution in [0.15, 0.2) is 11.8 Å². The van der Waals surface area contributed by atoms with Crippen molar-refractivity contribution in [3.05, 3.63) is 11.8 Å². The molecule has 2 N–H and O–H groups in total. The molecular weight excluding hydrogens is 545 g/mol. The highest BCUT2D eigenvalue weighted by atomic mass is 19.1. The van der Waals surface area contributed by atoms with Crippen LogP contribution in [0, 0.1) is 17.8 Å². The van der Waals surface area contributed by atoms with E-state index in [0.29, 0.717) is 30.5 Å². The lowest BCUT2D eigenvalue weighted by molar-refractivity contribution is -0.208. The standard InChI is InChI=1S/C34H54FN5O3/c1-38-15-5-9-23(38)11-13-36-30-27(35)19-25-31-33(30)43-29-18-22-8-4-3-7-21(22)17-28(29)40(31)20-26(32(25)41)34(42)37-14-12-24-10-6-16-39(24)2/h20-25,27-31,33,36H,3-19H2,1-2H3,(H,37,42). The van der Waals surface area contributed by atoms with Crippen LogP contribution in [0.4, 0.5) is 4.39 Å². The summed E-state index contributed by atoms with van der Waals surface area (Å²) in [5.74, 6) is 0.324. The second-order valence-electron chi connectivity index (χ2n) is 15.1. The van der Waals surface area contributed by atoms with Gasteiger partial charge in [0.1, 0.15) is 6.17 Å². The molecule has 0 aromatic carbocycles. The van der Waals surface area contributed by atoms with Crippen LogP contribution < -0.4 is 10.6 Å². The van der Waals surface area contributed by atoms with Gasteiger partial charge in [-0.15, -0.1) is 0 Å². The van der Waals surface area contributed by atoms with Crippen molar-refractivity contribution < 1.29 is 18.7 Å². The van der Waals surface area contributed by atoms with Gasteiger partial charge >= 0.3 is 0 Å². The first-order valence-corrected chi connectivity index (χ1v) is 17.6. The lowest BCUT2D eigenvalue weighted by atomic mass is 9.65. The number of morpholine rings is 1. The number of likely N-dealkylation sites (tertiary alicyclic amines) is 2. The molecule has 0 radical (unpaired) electrons. The summed E-state index contributed by atoms with van der Waals surface area (Å²) < 4.78 is 23.1. The summed E-state index contributed by atoms with van der Waals surface area (Å²) in [7, 11) is 4.33. The molecule has 3 saturated heterocycles. The second-order valence-corrected chi connectivity index (χ2v) is 15.1. The first-order valence-electron chi connectivity index (χ1n) is 17.6. The number of halogens is 1. The summed E-state index contributed by atoms with van der Waals surface area (Å²) in [5, 5.41) is 6.67. The van der Waals surface area contributed by atoms with Gasteiger partial charge in [-0.2, -0.15) is 0 Å². The van der Waals surface area contributed by atoms with E-state index in [1.54, 1.807) is 0 Å². The summed E-state index contributed by atoms with van der Waals surface area (Å²) in [6, 6.07) is 0.536. The van der Waals surface area contributed by atoms with E-state index < -0.39 is 18.1 Å². The number of fused-ring (bicyclic) bond motifs is 3. The van der Waals surface area contributed by atoms with Crippen LogP contribution in [0.25, 0.3) is 0 Å². The molecule has 11 unspecified atom stereocenters. The number of hydrogen-bond acceptors (Lipinski definition) is 7. The largest absolute Gasteiger partial charge is 0.369 e. The number of carbonyl (C=O) groups excluding carboxylic acids is 2. The van der Waals surface area contributed by atoms with Gasteiger partial charge in [0, 0.05) is 30.7 Å². The van der Waals surface area contributed by atoms with Crippen molar-refractivity contribution in [3.63, 3.8) is 0 Å². The van der Waals surface area contributed by atoms with Gasteiger partial charge < -0.3 is 30.1 Å². The number of ketones is 1. The Balaban J connectivity index is 1.11. The zero-order valence-corrected chi connectivity index (χ0v) is 26.4. The fourth-order valence-corrected chi connectivity index (χ4v) is 10.2. The second kappa shape index (κ2) is 12.7. The van der Waals surface area contributed by atoms with Crippen molar-refractivity contribution in [1.29, 1.82) is 0 Å². The number of hydrogen-bond donors (Lipinski definition) is 2. The Morgan fingerprint density at radius 1 is 0.930 bits per heavy atom. The van der Waals surface area contributed by atoms with Crippen molar-refractivity contribution in [3.8, 4) is 0 Å². The Labute approximate surface area is 257 Å². The van der Waals surface area contributed by atoms with E-state index in [1.807, 2.05) is 6.20 Å². The Morgan fingerprint density at radius 2 is 1.60 bits per heavy atom. The molecule has 9 heteroatoms. The number of nitrogens with one attached hydrogen (secondary N) is 2. The zero-order chi connectivity index (χ0) is 29.7. The van der Waals surface area contributed by atoms with Crippen LogP contribution in [0.2, 0.25) is 0 Å². The van der Waals surface area contributed by atoms with E-state index in [2.05, 4.69) is 39.4 Å². The Morgan fingerprint density at radius 3 is 2.28 bits per heavy atom. The van der Waals surface area contributed by atoms with E-state index in [0.717, 1.165) is 51.7 Å². The molecule has 3 aliphatic carbocycles. The summed E-state index contributed by atoms with van der Waals surface area (Å²) >= 11 is 0. The van der Waals surface area contributed by atoms with Crippen molar-refractivity contribution in [2.75, 3.05) is 40.3 Å². The molecule has 4 aliphatic heterocycles. The quantitative estimate of drug-likeness (QED) is 0.415. The minimum atomic E-state index is -1.18. The molecule has 0 aromatic rings. The van der Waals surface area contributed by atoms with Crippen molar-refractivity contribution in [2.45, 2.75) is 132 Å². The fraction of sp³-hybridized carbons (Fsp3) is 0.882.